The summed E-state index contributed by atoms with van der Waals surface area (Å²) in [6.45, 7) is 2.18. The summed E-state index contributed by atoms with van der Waals surface area (Å²) >= 11 is 0. The van der Waals surface area contributed by atoms with Gasteiger partial charge in [-0.25, -0.2) is 0 Å². The molecule has 0 N–H and O–H groups in total. The van der Waals surface area contributed by atoms with Crippen LogP contribution in [-0.4, -0.2) is 18.4 Å². The zero-order valence-corrected chi connectivity index (χ0v) is 10.7. The van der Waals surface area contributed by atoms with Crippen molar-refractivity contribution in [2.24, 2.45) is 11.3 Å². The lowest BCUT2D eigenvalue weighted by molar-refractivity contribution is -0.161. The molecule has 2 aliphatic carbocycles. The standard InChI is InChI=1S/C14H22O3/c1-2-17-13(16)14(12(15)11-7-8-11)9-5-3-4-6-10-14/h11H,2-10H2,1H3. The molecule has 3 nitrogen and oxygen atoms in total. The molecule has 0 saturated heterocycles. The van der Waals surface area contributed by atoms with Gasteiger partial charge in [-0.05, 0) is 32.6 Å². The van der Waals surface area contributed by atoms with Crippen LogP contribution in [0, 0.1) is 11.3 Å². The van der Waals surface area contributed by atoms with Gasteiger partial charge in [0.25, 0.3) is 0 Å². The molecule has 3 heteroatoms. The maximum atomic E-state index is 12.5. The van der Waals surface area contributed by atoms with E-state index in [0.717, 1.165) is 38.5 Å². The third kappa shape index (κ3) is 2.53. The fraction of sp³-hybridized carbons (Fsp3) is 0.857. The lowest BCUT2D eigenvalue weighted by Gasteiger charge is -2.28. The van der Waals surface area contributed by atoms with Gasteiger partial charge in [0.05, 0.1) is 6.61 Å². The average molecular weight is 238 g/mol. The fourth-order valence-corrected chi connectivity index (χ4v) is 2.89. The molecule has 0 aromatic heterocycles. The minimum absolute atomic E-state index is 0.150. The van der Waals surface area contributed by atoms with Crippen LogP contribution in [0.4, 0.5) is 0 Å². The van der Waals surface area contributed by atoms with Gasteiger partial charge in [0, 0.05) is 5.92 Å². The molecule has 2 saturated carbocycles. The number of esters is 1. The molecule has 0 heterocycles. The molecule has 0 unspecified atom stereocenters. The van der Waals surface area contributed by atoms with Crippen LogP contribution in [0.15, 0.2) is 0 Å². The number of ketones is 1. The summed E-state index contributed by atoms with van der Waals surface area (Å²) in [5.74, 6) is 0.0779. The van der Waals surface area contributed by atoms with E-state index in [1.165, 1.54) is 0 Å². The van der Waals surface area contributed by atoms with E-state index in [9.17, 15) is 9.59 Å². The van der Waals surface area contributed by atoms with Crippen molar-refractivity contribution in [3.63, 3.8) is 0 Å². The van der Waals surface area contributed by atoms with Crippen molar-refractivity contribution in [3.05, 3.63) is 0 Å². The molecule has 0 spiro atoms. The van der Waals surface area contributed by atoms with Crippen LogP contribution >= 0.6 is 0 Å². The minimum atomic E-state index is -0.784. The lowest BCUT2D eigenvalue weighted by atomic mass is 9.75. The first-order valence-corrected chi connectivity index (χ1v) is 6.92. The smallest absolute Gasteiger partial charge is 0.319 e. The predicted octanol–water partition coefficient (Wildman–Crippen LogP) is 2.87. The van der Waals surface area contributed by atoms with Crippen LogP contribution in [0.1, 0.15) is 58.3 Å². The van der Waals surface area contributed by atoms with Crippen molar-refractivity contribution in [3.8, 4) is 0 Å². The van der Waals surface area contributed by atoms with Crippen molar-refractivity contribution in [1.82, 2.24) is 0 Å². The number of Topliss-reactive ketones (excluding diaryl/α,β-unsaturated/α-hetero) is 1. The first kappa shape index (κ1) is 12.6. The number of hydrogen-bond donors (Lipinski definition) is 0. The van der Waals surface area contributed by atoms with E-state index in [0.29, 0.717) is 19.4 Å². The van der Waals surface area contributed by atoms with Crippen molar-refractivity contribution in [2.45, 2.75) is 58.3 Å². The normalized spacial score (nSPS) is 23.8. The lowest BCUT2D eigenvalue weighted by Crippen LogP contribution is -2.41. The van der Waals surface area contributed by atoms with Crippen LogP contribution < -0.4 is 0 Å². The molecule has 0 atom stereocenters. The topological polar surface area (TPSA) is 43.4 Å². The summed E-state index contributed by atoms with van der Waals surface area (Å²) in [6.07, 6.45) is 7.61. The Morgan fingerprint density at radius 1 is 1.12 bits per heavy atom. The van der Waals surface area contributed by atoms with Gasteiger partial charge in [0.1, 0.15) is 5.41 Å². The zero-order valence-electron chi connectivity index (χ0n) is 10.7. The van der Waals surface area contributed by atoms with Crippen LogP contribution in [0.5, 0.6) is 0 Å². The SMILES string of the molecule is CCOC(=O)C1(C(=O)C2CC2)CCCCCC1. The highest BCUT2D eigenvalue weighted by molar-refractivity contribution is 6.05. The Balaban J connectivity index is 2.19. The Labute approximate surface area is 103 Å². The molecule has 0 radical (unpaired) electrons. The van der Waals surface area contributed by atoms with Crippen molar-refractivity contribution >= 4 is 11.8 Å². The summed E-state index contributed by atoms with van der Waals surface area (Å²) in [7, 11) is 0. The van der Waals surface area contributed by atoms with E-state index in [1.807, 2.05) is 6.92 Å². The fourth-order valence-electron chi connectivity index (χ4n) is 2.89. The van der Waals surface area contributed by atoms with Gasteiger partial charge >= 0.3 is 5.97 Å². The molecule has 0 aromatic carbocycles. The van der Waals surface area contributed by atoms with Crippen LogP contribution in [0.25, 0.3) is 0 Å². The highest BCUT2D eigenvalue weighted by Crippen LogP contribution is 2.44. The second-order valence-corrected chi connectivity index (χ2v) is 5.36. The Morgan fingerprint density at radius 3 is 2.18 bits per heavy atom. The second kappa shape index (κ2) is 5.19. The molecular weight excluding hydrogens is 216 g/mol. The molecule has 2 fully saturated rings. The maximum absolute atomic E-state index is 12.5. The first-order chi connectivity index (χ1) is 8.20. The summed E-state index contributed by atoms with van der Waals surface area (Å²) in [4.78, 5) is 24.7. The molecule has 0 amide bonds. The third-order valence-corrected chi connectivity index (χ3v) is 4.04. The van der Waals surface area contributed by atoms with Gasteiger partial charge in [-0.2, -0.15) is 0 Å². The third-order valence-electron chi connectivity index (χ3n) is 4.04. The van der Waals surface area contributed by atoms with E-state index >= 15 is 0 Å². The highest BCUT2D eigenvalue weighted by Gasteiger charge is 2.51. The van der Waals surface area contributed by atoms with E-state index in [-0.39, 0.29) is 17.7 Å². The van der Waals surface area contributed by atoms with E-state index in [2.05, 4.69) is 0 Å². The molecular formula is C14H22O3. The number of ether oxygens (including phenoxy) is 1. The highest BCUT2D eigenvalue weighted by atomic mass is 16.5. The first-order valence-electron chi connectivity index (χ1n) is 6.92. The summed E-state index contributed by atoms with van der Waals surface area (Å²) in [5.41, 5.74) is -0.784. The van der Waals surface area contributed by atoms with E-state index in [1.54, 1.807) is 0 Å². The molecule has 0 bridgehead atoms. The Hall–Kier alpha value is -0.860. The number of rotatable bonds is 4. The average Bonchev–Trinajstić information content (AvgIpc) is 3.16. The van der Waals surface area contributed by atoms with Gasteiger partial charge < -0.3 is 4.74 Å². The van der Waals surface area contributed by atoms with E-state index < -0.39 is 5.41 Å². The van der Waals surface area contributed by atoms with Crippen molar-refractivity contribution in [1.29, 1.82) is 0 Å². The largest absolute Gasteiger partial charge is 0.465 e. The van der Waals surface area contributed by atoms with Crippen LogP contribution in [0.3, 0.4) is 0 Å². The Morgan fingerprint density at radius 2 is 1.71 bits per heavy atom. The molecule has 96 valence electrons. The zero-order chi connectivity index (χ0) is 12.3. The van der Waals surface area contributed by atoms with Gasteiger partial charge in [-0.3, -0.25) is 9.59 Å². The summed E-state index contributed by atoms with van der Waals surface area (Å²) in [6, 6.07) is 0. The summed E-state index contributed by atoms with van der Waals surface area (Å²) in [5, 5.41) is 0. The predicted molar refractivity (Wildman–Crippen MR) is 64.5 cm³/mol. The number of carbonyl (C=O) groups is 2. The molecule has 0 aliphatic heterocycles. The molecule has 2 aliphatic rings. The quantitative estimate of drug-likeness (QED) is 0.429. The van der Waals surface area contributed by atoms with Crippen LogP contribution in [-0.2, 0) is 14.3 Å². The second-order valence-electron chi connectivity index (χ2n) is 5.36. The minimum Gasteiger partial charge on any atom is -0.465 e. The van der Waals surface area contributed by atoms with Gasteiger partial charge in [-0.1, -0.05) is 25.7 Å². The Bertz CT molecular complexity index is 297. The Kier molecular flexibility index (Phi) is 3.85. The number of carbonyl (C=O) groups excluding carboxylic acids is 2. The number of hydrogen-bond acceptors (Lipinski definition) is 3. The molecule has 0 aromatic rings. The van der Waals surface area contributed by atoms with E-state index in [4.69, 9.17) is 4.74 Å². The van der Waals surface area contributed by atoms with Crippen molar-refractivity contribution in [2.75, 3.05) is 6.61 Å². The van der Waals surface area contributed by atoms with Gasteiger partial charge in [-0.15, -0.1) is 0 Å². The van der Waals surface area contributed by atoms with Gasteiger partial charge in [0.2, 0.25) is 0 Å². The molecule has 17 heavy (non-hydrogen) atoms. The van der Waals surface area contributed by atoms with Crippen LogP contribution in [0.2, 0.25) is 0 Å². The van der Waals surface area contributed by atoms with Gasteiger partial charge in [0.15, 0.2) is 5.78 Å². The summed E-state index contributed by atoms with van der Waals surface area (Å²) < 4.78 is 5.18. The monoisotopic (exact) mass is 238 g/mol. The molecule has 2 rings (SSSR count). The maximum Gasteiger partial charge on any atom is 0.319 e. The van der Waals surface area contributed by atoms with Crippen molar-refractivity contribution < 1.29 is 14.3 Å².